The molecule has 0 amide bonds. The van der Waals surface area contributed by atoms with Gasteiger partial charge in [-0.3, -0.25) is 0 Å². The number of nitrogens with zero attached hydrogens (tertiary/aromatic N) is 4. The summed E-state index contributed by atoms with van der Waals surface area (Å²) in [5, 5.41) is 0. The zero-order valence-electron chi connectivity index (χ0n) is 62.8. The van der Waals surface area contributed by atoms with Crippen molar-refractivity contribution in [3.05, 3.63) is 247 Å². The van der Waals surface area contributed by atoms with Crippen LogP contribution in [0.4, 0.5) is 132 Å². The van der Waals surface area contributed by atoms with E-state index in [1.807, 2.05) is 0 Å². The van der Waals surface area contributed by atoms with Gasteiger partial charge in [-0.15, -0.1) is 0 Å². The van der Waals surface area contributed by atoms with Crippen LogP contribution in [0.1, 0.15) is 96.9 Å². The van der Waals surface area contributed by atoms with Crippen molar-refractivity contribution in [2.45, 2.75) is 108 Å². The van der Waals surface area contributed by atoms with Crippen molar-refractivity contribution in [1.29, 1.82) is 0 Å². The second-order valence-corrected chi connectivity index (χ2v) is 41.6. The van der Waals surface area contributed by atoms with Crippen molar-refractivity contribution < 1.29 is 154 Å². The summed E-state index contributed by atoms with van der Waals surface area (Å²) in [5.74, 6) is -95.9. The topological polar surface area (TPSA) is 49.4 Å². The third kappa shape index (κ3) is 15.2. The van der Waals surface area contributed by atoms with Crippen molar-refractivity contribution >= 4 is 85.7 Å². The molecule has 0 unspecified atom stereocenters. The molecule has 2 aliphatic heterocycles. The standard InChI is InChI=1S/2C37H32BF15GeN2O2/c2*1-15(2)13-55-17-11-9-8-10-12-18(17)56(14-16(3)4)54(55,57-37(5,6)7)58-38(19-22(39)28(45)34(51)29(46)23(19)40,20-24(41)30(47)35(52)31(48)25(20)42)21-26(43)32(49)36(53)33(50)27(21)44/h2*8-12,15-16H,13-14H2,1-7H3. The van der Waals surface area contributed by atoms with Crippen molar-refractivity contribution in [3.8, 4) is 0 Å². The summed E-state index contributed by atoms with van der Waals surface area (Å²) in [6, 6.07) is 0. The van der Waals surface area contributed by atoms with Crippen LogP contribution < -0.4 is 32.8 Å². The average Bonchev–Trinajstić information content (AvgIpc) is 1.23. The van der Waals surface area contributed by atoms with Gasteiger partial charge in [0.1, 0.15) is 0 Å². The first-order chi connectivity index (χ1) is 53.6. The first-order valence-electron chi connectivity index (χ1n) is 34.7. The molecule has 2 atom stereocenters. The maximum atomic E-state index is 16.6. The van der Waals surface area contributed by atoms with Gasteiger partial charge >= 0.3 is 652 Å². The fraction of sp³-hybridized carbons (Fsp3) is 0.324. The minimum atomic E-state index is -6.63. The monoisotopic (exact) mass is 1810 g/mol. The molecule has 6 aromatic carbocycles. The van der Waals surface area contributed by atoms with Crippen molar-refractivity contribution in [3.63, 3.8) is 0 Å². The van der Waals surface area contributed by atoms with Crippen LogP contribution in [0.3, 0.4) is 0 Å². The van der Waals surface area contributed by atoms with Crippen LogP contribution >= 0.6 is 0 Å². The van der Waals surface area contributed by atoms with Crippen LogP contribution in [0.2, 0.25) is 0 Å². The molecule has 0 saturated heterocycles. The molecule has 42 heteroatoms. The molecule has 4 aliphatic rings. The molecule has 0 aromatic heterocycles. The molecular formula is C74H64B2F30Ge2N4O4. The molecule has 0 N–H and O–H groups in total. The second kappa shape index (κ2) is 33.1. The molecule has 10 rings (SSSR count). The van der Waals surface area contributed by atoms with E-state index in [-0.39, 0.29) is 49.0 Å². The number of allylic oxidation sites excluding steroid dienone is 10. The van der Waals surface area contributed by atoms with E-state index in [2.05, 4.69) is 0 Å². The van der Waals surface area contributed by atoms with E-state index in [0.29, 0.717) is 0 Å². The van der Waals surface area contributed by atoms with E-state index >= 15 is 105 Å². The molecule has 0 radical (unpaired) electrons. The molecule has 0 spiro atoms. The SMILES string of the molecule is CC(C)C[N]1C2=CC=CC=CC2=[N+](CC(C)C)[Ge@@]1([O][B-](c1c(F)c(F)c(F)c(F)c1F)(c1c(F)c(F)c(F)c(F)c1F)c1c(F)c(F)c(F)c(F)c1F)[O]C(C)(C)C.CC(C)C[N]1C2=CC=CC=CC2=[N+](CC(C)C)[Ge@]1([O][B-](c1c(F)c(F)c(F)c(F)c1F)(c1c(F)c(F)c(F)c(F)c1F)c1c(F)c(F)c(F)c(F)c1F)[O]C(C)(C)C. The molecule has 6 aromatic rings. The van der Waals surface area contributed by atoms with Crippen LogP contribution in [-0.4, -0.2) is 105 Å². The Morgan fingerprint density at radius 3 is 0.621 bits per heavy atom. The normalized spacial score (nSPS) is 17.3. The molecule has 628 valence electrons. The number of hydrogen-bond donors (Lipinski definition) is 0. The molecule has 0 saturated carbocycles. The summed E-state index contributed by atoms with van der Waals surface area (Å²) in [4.78, 5) is 0. The number of benzene rings is 6. The predicted molar refractivity (Wildman–Crippen MR) is 368 cm³/mol. The first kappa shape index (κ1) is 91.6. The van der Waals surface area contributed by atoms with Crippen LogP contribution in [0, 0.1) is 198 Å². The number of hydrogen-bond acceptors (Lipinski definition) is 6. The Bertz CT molecular complexity index is 4500. The molecule has 2 aliphatic carbocycles. The van der Waals surface area contributed by atoms with Gasteiger partial charge in [0, 0.05) is 0 Å². The van der Waals surface area contributed by atoms with Gasteiger partial charge < -0.3 is 0 Å². The Hall–Kier alpha value is -8.34. The van der Waals surface area contributed by atoms with Gasteiger partial charge in [-0.2, -0.15) is 0 Å². The molecule has 0 bridgehead atoms. The summed E-state index contributed by atoms with van der Waals surface area (Å²) < 4.78 is 503. The Kier molecular flexibility index (Phi) is 26.1. The van der Waals surface area contributed by atoms with E-state index in [1.165, 1.54) is 102 Å². The Morgan fingerprint density at radius 1 is 0.276 bits per heavy atom. The third-order valence-corrected chi connectivity index (χ3v) is 33.9. The third-order valence-electron chi connectivity index (χ3n) is 18.1. The maximum absolute atomic E-state index is 16.6. The quantitative estimate of drug-likeness (QED) is 0.0329. The molecule has 8 nitrogen and oxygen atoms in total. The van der Waals surface area contributed by atoms with Crippen LogP contribution in [0.5, 0.6) is 0 Å². The summed E-state index contributed by atoms with van der Waals surface area (Å²) >= 11 is -13.3. The van der Waals surface area contributed by atoms with Gasteiger partial charge in [0.05, 0.1) is 0 Å². The van der Waals surface area contributed by atoms with Gasteiger partial charge in [-0.05, 0) is 0 Å². The molecule has 116 heavy (non-hydrogen) atoms. The van der Waals surface area contributed by atoms with Crippen LogP contribution in [0.25, 0.3) is 0 Å². The number of fused-ring (bicyclic) bond motifs is 2. The Labute approximate surface area is 648 Å². The first-order valence-corrected chi connectivity index (χ1v) is 41.9. The Morgan fingerprint density at radius 2 is 0.457 bits per heavy atom. The minimum absolute atomic E-state index is 0.0283. The van der Waals surface area contributed by atoms with Gasteiger partial charge in [-0.1, -0.05) is 0 Å². The number of rotatable bonds is 20. The fourth-order valence-electron chi connectivity index (χ4n) is 14.1. The van der Waals surface area contributed by atoms with E-state index in [1.54, 1.807) is 55.4 Å². The van der Waals surface area contributed by atoms with Gasteiger partial charge in [0.15, 0.2) is 0 Å². The van der Waals surface area contributed by atoms with Gasteiger partial charge in [0.2, 0.25) is 0 Å². The summed E-state index contributed by atoms with van der Waals surface area (Å²) in [7, 11) is 0. The average molecular weight is 1810 g/mol. The number of halogens is 30. The van der Waals surface area contributed by atoms with E-state index in [9.17, 15) is 26.3 Å². The predicted octanol–water partition coefficient (Wildman–Crippen LogP) is 16.2. The van der Waals surface area contributed by atoms with Crippen LogP contribution in [0.15, 0.2) is 72.2 Å². The second-order valence-electron chi connectivity index (χ2n) is 30.6. The zero-order chi connectivity index (χ0) is 87.4. The zero-order valence-corrected chi connectivity index (χ0v) is 67.0. The van der Waals surface area contributed by atoms with Crippen molar-refractivity contribution in [1.82, 2.24) is 7.71 Å². The fourth-order valence-corrected chi connectivity index (χ4v) is 33.4. The van der Waals surface area contributed by atoms with Crippen molar-refractivity contribution in [2.75, 3.05) is 26.2 Å². The van der Waals surface area contributed by atoms with Gasteiger partial charge in [0.25, 0.3) is 0 Å². The Balaban J connectivity index is 0.000000265. The summed E-state index contributed by atoms with van der Waals surface area (Å²) in [5.41, 5.74) is -20.4. The van der Waals surface area contributed by atoms with E-state index in [4.69, 9.17) is 14.9 Å². The van der Waals surface area contributed by atoms with Crippen molar-refractivity contribution in [2.24, 2.45) is 23.7 Å². The van der Waals surface area contributed by atoms with Crippen LogP contribution in [-0.2, 0) is 14.9 Å². The molecular weight excluding hydrogens is 1750 g/mol. The van der Waals surface area contributed by atoms with E-state index < -0.39 is 284 Å². The molecule has 2 heterocycles. The van der Waals surface area contributed by atoms with Gasteiger partial charge in [-0.25, -0.2) is 0 Å². The summed E-state index contributed by atoms with van der Waals surface area (Å²) in [6.45, 7) is 18.8. The molecule has 0 fully saturated rings. The summed E-state index contributed by atoms with van der Waals surface area (Å²) in [6.07, 6.45) is 1.37. The van der Waals surface area contributed by atoms with E-state index in [0.717, 1.165) is 14.8 Å².